The highest BCUT2D eigenvalue weighted by atomic mass is 16.5. The third-order valence-electron chi connectivity index (χ3n) is 6.34. The van der Waals surface area contributed by atoms with Gasteiger partial charge in [-0.1, -0.05) is 129 Å². The van der Waals surface area contributed by atoms with Crippen molar-refractivity contribution >= 4 is 11.9 Å². The number of hydrogen-bond donors (Lipinski definition) is 0. The number of carbonyl (C=O) groups excluding carboxylic acids is 2. The van der Waals surface area contributed by atoms with E-state index >= 15 is 0 Å². The molecule has 0 radical (unpaired) electrons. The van der Waals surface area contributed by atoms with Crippen molar-refractivity contribution < 1.29 is 19.1 Å². The second-order valence-corrected chi connectivity index (χ2v) is 9.82. The van der Waals surface area contributed by atoms with Crippen molar-refractivity contribution in [2.24, 2.45) is 0 Å². The minimum absolute atomic E-state index is 0.0663. The van der Waals surface area contributed by atoms with E-state index in [9.17, 15) is 9.59 Å². The molecule has 196 valence electrons. The van der Waals surface area contributed by atoms with Crippen LogP contribution in [0.1, 0.15) is 162 Å². The third-order valence-corrected chi connectivity index (χ3v) is 6.34. The SMILES string of the molecule is CCCCCCCCCCCCCCCCCCCOC(=O)CCC(=O)OC(C)CCCC. The zero-order chi connectivity index (χ0) is 24.4. The van der Waals surface area contributed by atoms with E-state index in [1.54, 1.807) is 0 Å². The van der Waals surface area contributed by atoms with Crippen molar-refractivity contribution in [1.29, 1.82) is 0 Å². The molecule has 0 aromatic carbocycles. The predicted octanol–water partition coefficient (Wildman–Crippen LogP) is 9.08. The summed E-state index contributed by atoms with van der Waals surface area (Å²) in [6, 6.07) is 0. The molecule has 0 bridgehead atoms. The molecule has 0 saturated carbocycles. The molecule has 0 aromatic rings. The lowest BCUT2D eigenvalue weighted by molar-refractivity contribution is -0.153. The van der Waals surface area contributed by atoms with Crippen molar-refractivity contribution in [2.75, 3.05) is 6.61 Å². The highest BCUT2D eigenvalue weighted by molar-refractivity contribution is 5.77. The fraction of sp³-hybridized carbons (Fsp3) is 0.931. The molecule has 0 aliphatic rings. The first kappa shape index (κ1) is 31.9. The first-order valence-electron chi connectivity index (χ1n) is 14.4. The molecule has 0 spiro atoms. The van der Waals surface area contributed by atoms with Crippen molar-refractivity contribution in [3.05, 3.63) is 0 Å². The number of ether oxygens (including phenoxy) is 2. The van der Waals surface area contributed by atoms with Crippen LogP contribution in [0, 0.1) is 0 Å². The average molecular weight is 469 g/mol. The van der Waals surface area contributed by atoms with Crippen LogP contribution < -0.4 is 0 Å². The Balaban J connectivity index is 3.28. The summed E-state index contributed by atoms with van der Waals surface area (Å²) in [5, 5.41) is 0. The maximum absolute atomic E-state index is 11.7. The van der Waals surface area contributed by atoms with E-state index in [1.807, 2.05) is 6.92 Å². The predicted molar refractivity (Wildman–Crippen MR) is 139 cm³/mol. The molecule has 0 N–H and O–H groups in total. The normalized spacial score (nSPS) is 12.0. The summed E-state index contributed by atoms with van der Waals surface area (Å²) >= 11 is 0. The van der Waals surface area contributed by atoms with Crippen molar-refractivity contribution in [3.63, 3.8) is 0 Å². The quantitative estimate of drug-likeness (QED) is 0.0990. The Labute approximate surface area is 206 Å². The van der Waals surface area contributed by atoms with E-state index in [4.69, 9.17) is 9.47 Å². The average Bonchev–Trinajstić information content (AvgIpc) is 2.80. The summed E-state index contributed by atoms with van der Waals surface area (Å²) in [5.41, 5.74) is 0. The van der Waals surface area contributed by atoms with E-state index in [0.29, 0.717) is 6.61 Å². The summed E-state index contributed by atoms with van der Waals surface area (Å²) in [4.78, 5) is 23.5. The highest BCUT2D eigenvalue weighted by Crippen LogP contribution is 2.14. The van der Waals surface area contributed by atoms with Crippen molar-refractivity contribution in [3.8, 4) is 0 Å². The molecule has 0 rings (SSSR count). The molecule has 33 heavy (non-hydrogen) atoms. The minimum Gasteiger partial charge on any atom is -0.466 e. The zero-order valence-corrected chi connectivity index (χ0v) is 22.5. The molecule has 0 aromatic heterocycles. The van der Waals surface area contributed by atoms with Crippen LogP contribution in [0.5, 0.6) is 0 Å². The molecule has 4 heteroatoms. The van der Waals surface area contributed by atoms with Crippen LogP contribution >= 0.6 is 0 Å². The summed E-state index contributed by atoms with van der Waals surface area (Å²) in [5.74, 6) is -0.585. The van der Waals surface area contributed by atoms with Gasteiger partial charge in [0.15, 0.2) is 0 Å². The molecule has 0 saturated heterocycles. The van der Waals surface area contributed by atoms with Crippen LogP contribution in [0.15, 0.2) is 0 Å². The van der Waals surface area contributed by atoms with E-state index in [-0.39, 0.29) is 30.9 Å². The van der Waals surface area contributed by atoms with E-state index in [0.717, 1.165) is 32.1 Å². The van der Waals surface area contributed by atoms with Crippen LogP contribution in [0.4, 0.5) is 0 Å². The van der Waals surface area contributed by atoms with Crippen LogP contribution in [-0.2, 0) is 19.1 Å². The van der Waals surface area contributed by atoms with Gasteiger partial charge in [-0.2, -0.15) is 0 Å². The molecular weight excluding hydrogens is 412 g/mol. The molecule has 0 aliphatic carbocycles. The van der Waals surface area contributed by atoms with Gasteiger partial charge >= 0.3 is 11.9 Å². The van der Waals surface area contributed by atoms with Gasteiger partial charge in [-0.15, -0.1) is 0 Å². The second kappa shape index (κ2) is 25.6. The van der Waals surface area contributed by atoms with Crippen LogP contribution in [0.2, 0.25) is 0 Å². The van der Waals surface area contributed by atoms with Gasteiger partial charge in [0.2, 0.25) is 0 Å². The highest BCUT2D eigenvalue weighted by Gasteiger charge is 2.12. The van der Waals surface area contributed by atoms with Gasteiger partial charge in [0.05, 0.1) is 25.6 Å². The van der Waals surface area contributed by atoms with Crippen molar-refractivity contribution in [2.45, 2.75) is 168 Å². The molecule has 0 heterocycles. The summed E-state index contributed by atoms with van der Waals surface area (Å²) in [6.45, 7) is 6.77. The second-order valence-electron chi connectivity index (χ2n) is 9.82. The van der Waals surface area contributed by atoms with Gasteiger partial charge in [0.1, 0.15) is 0 Å². The Bertz CT molecular complexity index is 435. The Morgan fingerprint density at radius 1 is 0.545 bits per heavy atom. The molecule has 1 unspecified atom stereocenters. The standard InChI is InChI=1S/C29H56O4/c1-4-6-8-9-10-11-12-13-14-15-16-17-18-19-20-21-22-26-32-28(30)24-25-29(31)33-27(3)23-7-5-2/h27H,4-26H2,1-3H3. The minimum atomic E-state index is -0.298. The Morgan fingerprint density at radius 3 is 1.39 bits per heavy atom. The molecule has 1 atom stereocenters. The van der Waals surface area contributed by atoms with Crippen LogP contribution in [0.25, 0.3) is 0 Å². The Hall–Kier alpha value is -1.06. The summed E-state index contributed by atoms with van der Waals surface area (Å²) in [7, 11) is 0. The zero-order valence-electron chi connectivity index (χ0n) is 22.5. The molecular formula is C29H56O4. The maximum Gasteiger partial charge on any atom is 0.306 e. The van der Waals surface area contributed by atoms with Gasteiger partial charge < -0.3 is 9.47 Å². The third kappa shape index (κ3) is 25.4. The van der Waals surface area contributed by atoms with Crippen molar-refractivity contribution in [1.82, 2.24) is 0 Å². The van der Waals surface area contributed by atoms with E-state index in [2.05, 4.69) is 13.8 Å². The fourth-order valence-corrected chi connectivity index (χ4v) is 4.12. The largest absolute Gasteiger partial charge is 0.466 e. The Morgan fingerprint density at radius 2 is 0.939 bits per heavy atom. The number of hydrogen-bond acceptors (Lipinski definition) is 4. The maximum atomic E-state index is 11.7. The first-order chi connectivity index (χ1) is 16.1. The summed E-state index contributed by atoms with van der Waals surface area (Å²) < 4.78 is 10.5. The summed E-state index contributed by atoms with van der Waals surface area (Å²) in [6.07, 6.45) is 26.0. The van der Waals surface area contributed by atoms with Crippen LogP contribution in [-0.4, -0.2) is 24.6 Å². The van der Waals surface area contributed by atoms with Crippen LogP contribution in [0.3, 0.4) is 0 Å². The Kier molecular flexibility index (Phi) is 24.7. The van der Waals surface area contributed by atoms with Gasteiger partial charge in [-0.3, -0.25) is 9.59 Å². The lowest BCUT2D eigenvalue weighted by Crippen LogP contribution is -2.16. The number of unbranched alkanes of at least 4 members (excludes halogenated alkanes) is 17. The molecule has 0 amide bonds. The molecule has 0 fully saturated rings. The van der Waals surface area contributed by atoms with E-state index in [1.165, 1.54) is 96.3 Å². The van der Waals surface area contributed by atoms with Gasteiger partial charge in [0, 0.05) is 0 Å². The lowest BCUT2D eigenvalue weighted by Gasteiger charge is -2.12. The number of esters is 2. The fourth-order valence-electron chi connectivity index (χ4n) is 4.12. The number of carbonyl (C=O) groups is 2. The monoisotopic (exact) mass is 468 g/mol. The van der Waals surface area contributed by atoms with Gasteiger partial charge in [-0.05, 0) is 19.8 Å². The van der Waals surface area contributed by atoms with E-state index < -0.39 is 0 Å². The van der Waals surface area contributed by atoms with Gasteiger partial charge in [0.25, 0.3) is 0 Å². The molecule has 0 aliphatic heterocycles. The molecule has 4 nitrogen and oxygen atoms in total. The lowest BCUT2D eigenvalue weighted by atomic mass is 10.0. The first-order valence-corrected chi connectivity index (χ1v) is 14.4. The number of rotatable bonds is 25. The topological polar surface area (TPSA) is 52.6 Å². The smallest absolute Gasteiger partial charge is 0.306 e. The van der Waals surface area contributed by atoms with Gasteiger partial charge in [-0.25, -0.2) is 0 Å².